The molecule has 1 aliphatic rings. The van der Waals surface area contributed by atoms with Crippen molar-refractivity contribution in [2.24, 2.45) is 11.5 Å². The quantitative estimate of drug-likeness (QED) is 0.603. The lowest BCUT2D eigenvalue weighted by Gasteiger charge is -2.28. The van der Waals surface area contributed by atoms with Crippen LogP contribution < -0.4 is 11.5 Å². The van der Waals surface area contributed by atoms with Crippen LogP contribution in [0.1, 0.15) is 19.3 Å². The monoisotopic (exact) mass is 176 g/mol. The average molecular weight is 176 g/mol. The van der Waals surface area contributed by atoms with Crippen LogP contribution in [0.15, 0.2) is 0 Å². The Bertz CT molecular complexity index is 177. The molecule has 3 unspecified atom stereocenters. The predicted molar refractivity (Wildman–Crippen MR) is 41.2 cm³/mol. The molecular weight excluding hydrogens is 163 g/mol. The summed E-state index contributed by atoms with van der Waals surface area (Å²) >= 11 is 0. The van der Waals surface area contributed by atoms with Crippen molar-refractivity contribution in [3.8, 4) is 0 Å². The van der Waals surface area contributed by atoms with E-state index < -0.39 is 18.4 Å². The summed E-state index contributed by atoms with van der Waals surface area (Å²) in [7, 11) is 0. The molecule has 0 heterocycles. The number of carbonyl (C=O) groups excluding carboxylic acids is 1. The van der Waals surface area contributed by atoms with Crippen molar-refractivity contribution in [1.82, 2.24) is 0 Å². The molecule has 0 saturated heterocycles. The Labute approximate surface area is 70.0 Å². The van der Waals surface area contributed by atoms with Crippen LogP contribution in [0.25, 0.3) is 0 Å². The molecule has 5 heteroatoms. The van der Waals surface area contributed by atoms with Gasteiger partial charge in [-0.2, -0.15) is 0 Å². The van der Waals surface area contributed by atoms with Gasteiger partial charge in [-0.05, 0) is 19.3 Å². The second-order valence-corrected chi connectivity index (χ2v) is 3.06. The summed E-state index contributed by atoms with van der Waals surface area (Å²) in [6.45, 7) is 0. The van der Waals surface area contributed by atoms with E-state index in [2.05, 4.69) is 4.74 Å². The van der Waals surface area contributed by atoms with Crippen molar-refractivity contribution < 1.29 is 13.9 Å². The lowest BCUT2D eigenvalue weighted by molar-refractivity contribution is 0.0200. The molecular formula is C7H13FN2O2. The maximum Gasteiger partial charge on any atom is 0.404 e. The Balaban J connectivity index is 2.39. The predicted octanol–water partition coefficient (Wildman–Crippen LogP) is 0.300. The summed E-state index contributed by atoms with van der Waals surface area (Å²) in [5, 5.41) is 0. The zero-order valence-corrected chi connectivity index (χ0v) is 6.70. The third kappa shape index (κ3) is 2.34. The second-order valence-electron chi connectivity index (χ2n) is 3.06. The molecule has 70 valence electrons. The standard InChI is InChI=1S/C7H13FN2O2/c8-5-3-4(9)1-2-6(5)12-7(10)11/h4-6H,1-3,9H2,(H2,10,11). The fourth-order valence-electron chi connectivity index (χ4n) is 1.40. The normalized spacial score (nSPS) is 36.0. The van der Waals surface area contributed by atoms with Crippen molar-refractivity contribution in [3.05, 3.63) is 0 Å². The SMILES string of the molecule is NC(=O)OC1CCC(N)CC1F. The average Bonchev–Trinajstić information content (AvgIpc) is 1.94. The maximum atomic E-state index is 13.0. The summed E-state index contributed by atoms with van der Waals surface area (Å²) < 4.78 is 17.6. The van der Waals surface area contributed by atoms with Gasteiger partial charge in [-0.1, -0.05) is 0 Å². The van der Waals surface area contributed by atoms with E-state index in [1.165, 1.54) is 0 Å². The maximum absolute atomic E-state index is 13.0. The van der Waals surface area contributed by atoms with Gasteiger partial charge in [-0.25, -0.2) is 9.18 Å². The minimum atomic E-state index is -1.17. The van der Waals surface area contributed by atoms with E-state index in [4.69, 9.17) is 11.5 Å². The molecule has 0 spiro atoms. The van der Waals surface area contributed by atoms with Crippen LogP contribution in [0.4, 0.5) is 9.18 Å². The Hall–Kier alpha value is -0.840. The number of alkyl halides is 1. The molecule has 0 aromatic heterocycles. The van der Waals surface area contributed by atoms with Crippen LogP contribution in [-0.2, 0) is 4.74 Å². The molecule has 1 aliphatic carbocycles. The molecule has 1 amide bonds. The molecule has 3 atom stereocenters. The number of hydrogen-bond acceptors (Lipinski definition) is 3. The molecule has 0 aromatic rings. The second kappa shape index (κ2) is 3.71. The summed E-state index contributed by atoms with van der Waals surface area (Å²) in [6.07, 6.45) is -1.39. The number of halogens is 1. The van der Waals surface area contributed by atoms with Crippen LogP contribution in [0.5, 0.6) is 0 Å². The van der Waals surface area contributed by atoms with E-state index in [-0.39, 0.29) is 12.5 Å². The summed E-state index contributed by atoms with van der Waals surface area (Å²) in [6, 6.07) is -0.118. The first-order valence-corrected chi connectivity index (χ1v) is 3.95. The minimum Gasteiger partial charge on any atom is -0.443 e. The van der Waals surface area contributed by atoms with E-state index in [0.29, 0.717) is 12.8 Å². The number of carbonyl (C=O) groups is 1. The highest BCUT2D eigenvalue weighted by Gasteiger charge is 2.31. The zero-order chi connectivity index (χ0) is 9.14. The van der Waals surface area contributed by atoms with Crippen LogP contribution >= 0.6 is 0 Å². The fourth-order valence-corrected chi connectivity index (χ4v) is 1.40. The largest absolute Gasteiger partial charge is 0.443 e. The first kappa shape index (κ1) is 9.25. The van der Waals surface area contributed by atoms with Crippen molar-refractivity contribution in [3.63, 3.8) is 0 Å². The van der Waals surface area contributed by atoms with Gasteiger partial charge in [0.05, 0.1) is 0 Å². The van der Waals surface area contributed by atoms with Crippen LogP contribution in [0, 0.1) is 0 Å². The van der Waals surface area contributed by atoms with Gasteiger partial charge in [-0.15, -0.1) is 0 Å². The van der Waals surface area contributed by atoms with Gasteiger partial charge in [0.1, 0.15) is 12.3 Å². The van der Waals surface area contributed by atoms with Crippen molar-refractivity contribution >= 4 is 6.09 Å². The first-order valence-electron chi connectivity index (χ1n) is 3.95. The highest BCUT2D eigenvalue weighted by atomic mass is 19.1. The molecule has 1 fully saturated rings. The van der Waals surface area contributed by atoms with Gasteiger partial charge in [-0.3, -0.25) is 0 Å². The summed E-state index contributed by atoms with van der Waals surface area (Å²) in [5.74, 6) is 0. The van der Waals surface area contributed by atoms with Crippen molar-refractivity contribution in [2.45, 2.75) is 37.6 Å². The topological polar surface area (TPSA) is 78.3 Å². The van der Waals surface area contributed by atoms with Crippen molar-refractivity contribution in [2.75, 3.05) is 0 Å². The highest BCUT2D eigenvalue weighted by molar-refractivity contribution is 5.64. The fraction of sp³-hybridized carbons (Fsp3) is 0.857. The van der Waals surface area contributed by atoms with Gasteiger partial charge in [0.2, 0.25) is 0 Å². The lowest BCUT2D eigenvalue weighted by atomic mass is 9.92. The minimum absolute atomic E-state index is 0.118. The van der Waals surface area contributed by atoms with Crippen LogP contribution in [0.2, 0.25) is 0 Å². The Morgan fingerprint density at radius 3 is 2.67 bits per heavy atom. The number of nitrogens with two attached hydrogens (primary N) is 2. The molecule has 0 aromatic carbocycles. The number of ether oxygens (including phenoxy) is 1. The third-order valence-corrected chi connectivity index (χ3v) is 2.02. The summed E-state index contributed by atoms with van der Waals surface area (Å²) in [5.41, 5.74) is 10.3. The van der Waals surface area contributed by atoms with E-state index >= 15 is 0 Å². The number of amides is 1. The van der Waals surface area contributed by atoms with Gasteiger partial charge in [0.15, 0.2) is 0 Å². The molecule has 1 saturated carbocycles. The zero-order valence-electron chi connectivity index (χ0n) is 6.70. The van der Waals surface area contributed by atoms with Gasteiger partial charge >= 0.3 is 6.09 Å². The third-order valence-electron chi connectivity index (χ3n) is 2.02. The molecule has 0 bridgehead atoms. The molecule has 0 radical (unpaired) electrons. The van der Waals surface area contributed by atoms with Crippen LogP contribution in [-0.4, -0.2) is 24.4 Å². The highest BCUT2D eigenvalue weighted by Crippen LogP contribution is 2.22. The van der Waals surface area contributed by atoms with Gasteiger partial charge < -0.3 is 16.2 Å². The van der Waals surface area contributed by atoms with Gasteiger partial charge in [0.25, 0.3) is 0 Å². The summed E-state index contributed by atoms with van der Waals surface area (Å²) in [4.78, 5) is 10.3. The van der Waals surface area contributed by atoms with Gasteiger partial charge in [0, 0.05) is 6.04 Å². The van der Waals surface area contributed by atoms with E-state index in [1.54, 1.807) is 0 Å². The number of rotatable bonds is 1. The molecule has 0 aliphatic heterocycles. The van der Waals surface area contributed by atoms with Crippen LogP contribution in [0.3, 0.4) is 0 Å². The lowest BCUT2D eigenvalue weighted by Crippen LogP contribution is -2.40. The molecule has 4 nitrogen and oxygen atoms in total. The number of hydrogen-bond donors (Lipinski definition) is 2. The first-order chi connectivity index (χ1) is 5.59. The molecule has 1 rings (SSSR count). The van der Waals surface area contributed by atoms with E-state index in [0.717, 1.165) is 0 Å². The smallest absolute Gasteiger partial charge is 0.404 e. The Kier molecular flexibility index (Phi) is 2.86. The van der Waals surface area contributed by atoms with Crippen molar-refractivity contribution in [1.29, 1.82) is 0 Å². The molecule has 12 heavy (non-hydrogen) atoms. The molecule has 4 N–H and O–H groups in total. The number of primary amides is 1. The Morgan fingerprint density at radius 2 is 2.17 bits per heavy atom. The Morgan fingerprint density at radius 1 is 1.50 bits per heavy atom. The van der Waals surface area contributed by atoms with E-state index in [9.17, 15) is 9.18 Å². The van der Waals surface area contributed by atoms with E-state index in [1.807, 2.05) is 0 Å².